The molecule has 0 aliphatic carbocycles. The van der Waals surface area contributed by atoms with Crippen LogP contribution in [0.1, 0.15) is 23.7 Å². The first kappa shape index (κ1) is 12.2. The number of anilines is 1. The molecule has 86 valence electrons. The van der Waals surface area contributed by atoms with Crippen LogP contribution in [-0.2, 0) is 0 Å². The summed E-state index contributed by atoms with van der Waals surface area (Å²) in [5.74, 6) is -0.170. The third-order valence-electron chi connectivity index (χ3n) is 2.16. The van der Waals surface area contributed by atoms with Gasteiger partial charge in [-0.2, -0.15) is 0 Å². The zero-order valence-electron chi connectivity index (χ0n) is 9.39. The quantitative estimate of drug-likeness (QED) is 0.746. The first-order valence-corrected chi connectivity index (χ1v) is 5.24. The van der Waals surface area contributed by atoms with E-state index in [2.05, 4.69) is 23.4 Å². The second kappa shape index (κ2) is 5.90. The van der Waals surface area contributed by atoms with Crippen LogP contribution in [0.4, 0.5) is 5.82 Å². The minimum Gasteiger partial charge on any atom is -0.478 e. The number of aromatic carboxylic acids is 1. The fourth-order valence-corrected chi connectivity index (χ4v) is 1.42. The van der Waals surface area contributed by atoms with E-state index in [1.165, 1.54) is 6.20 Å². The van der Waals surface area contributed by atoms with Crippen LogP contribution in [0.15, 0.2) is 31.0 Å². The van der Waals surface area contributed by atoms with E-state index >= 15 is 0 Å². The highest BCUT2D eigenvalue weighted by molar-refractivity contribution is 5.87. The lowest BCUT2D eigenvalue weighted by Crippen LogP contribution is -2.25. The summed E-state index contributed by atoms with van der Waals surface area (Å²) in [4.78, 5) is 16.9. The molecule has 0 unspecified atom stereocenters. The summed E-state index contributed by atoms with van der Waals surface area (Å²) in [6, 6.07) is 3.29. The Balaban J connectivity index is 2.84. The van der Waals surface area contributed by atoms with Crippen molar-refractivity contribution >= 4 is 11.8 Å². The molecule has 1 aromatic rings. The van der Waals surface area contributed by atoms with Crippen molar-refractivity contribution in [1.29, 1.82) is 0 Å². The summed E-state index contributed by atoms with van der Waals surface area (Å²) in [5, 5.41) is 8.75. The van der Waals surface area contributed by atoms with Crippen molar-refractivity contribution in [3.8, 4) is 0 Å². The van der Waals surface area contributed by atoms with Crippen molar-refractivity contribution in [2.45, 2.75) is 13.3 Å². The van der Waals surface area contributed by atoms with Gasteiger partial charge in [0.25, 0.3) is 0 Å². The fourth-order valence-electron chi connectivity index (χ4n) is 1.42. The van der Waals surface area contributed by atoms with Gasteiger partial charge in [0.05, 0.1) is 5.56 Å². The molecule has 0 aliphatic rings. The third-order valence-corrected chi connectivity index (χ3v) is 2.16. The standard InChI is InChI=1S/C12H16N2O2/c1-3-7-14(8-4-2)11-6-5-10(9-13-11)12(15)16/h3,5-6,9H,1,4,7-8H2,2H3,(H,15,16). The molecule has 0 amide bonds. The van der Waals surface area contributed by atoms with E-state index in [1.54, 1.807) is 12.1 Å². The second-order valence-corrected chi connectivity index (χ2v) is 3.44. The molecule has 0 atom stereocenters. The molecular weight excluding hydrogens is 204 g/mol. The van der Waals surface area contributed by atoms with Gasteiger partial charge in [-0.3, -0.25) is 0 Å². The lowest BCUT2D eigenvalue weighted by molar-refractivity contribution is 0.0696. The third kappa shape index (κ3) is 3.08. The molecule has 0 radical (unpaired) electrons. The zero-order chi connectivity index (χ0) is 12.0. The number of hydrogen-bond donors (Lipinski definition) is 1. The van der Waals surface area contributed by atoms with Gasteiger partial charge >= 0.3 is 5.97 Å². The first-order chi connectivity index (χ1) is 7.69. The Morgan fingerprint density at radius 1 is 1.62 bits per heavy atom. The summed E-state index contributed by atoms with van der Waals surface area (Å²) in [6.07, 6.45) is 4.20. The lowest BCUT2D eigenvalue weighted by atomic mass is 10.3. The largest absolute Gasteiger partial charge is 0.478 e. The molecule has 0 fully saturated rings. The van der Waals surface area contributed by atoms with Crippen LogP contribution >= 0.6 is 0 Å². The average Bonchev–Trinajstić information content (AvgIpc) is 2.29. The molecule has 4 heteroatoms. The number of carboxylic acid groups (broad SMARTS) is 1. The Kier molecular flexibility index (Phi) is 4.51. The van der Waals surface area contributed by atoms with Gasteiger partial charge in [0, 0.05) is 19.3 Å². The molecule has 1 rings (SSSR count). The molecule has 0 aromatic carbocycles. The van der Waals surface area contributed by atoms with Gasteiger partial charge in [0.1, 0.15) is 5.82 Å². The molecule has 1 heterocycles. The highest BCUT2D eigenvalue weighted by atomic mass is 16.4. The highest BCUT2D eigenvalue weighted by Crippen LogP contribution is 2.11. The number of carboxylic acids is 1. The van der Waals surface area contributed by atoms with E-state index in [9.17, 15) is 4.79 Å². The molecule has 1 aromatic heterocycles. The number of nitrogens with zero attached hydrogens (tertiary/aromatic N) is 2. The van der Waals surface area contributed by atoms with Gasteiger partial charge in [-0.15, -0.1) is 6.58 Å². The Labute approximate surface area is 95.2 Å². The van der Waals surface area contributed by atoms with E-state index in [0.29, 0.717) is 6.54 Å². The van der Waals surface area contributed by atoms with Gasteiger partial charge in [-0.05, 0) is 18.6 Å². The molecule has 1 N–H and O–H groups in total. The van der Waals surface area contributed by atoms with Gasteiger partial charge in [-0.25, -0.2) is 9.78 Å². The van der Waals surface area contributed by atoms with Crippen LogP contribution < -0.4 is 4.90 Å². The van der Waals surface area contributed by atoms with Crippen LogP contribution in [-0.4, -0.2) is 29.1 Å². The molecular formula is C12H16N2O2. The van der Waals surface area contributed by atoms with Crippen molar-refractivity contribution < 1.29 is 9.90 Å². The SMILES string of the molecule is C=CCN(CCC)c1ccc(C(=O)O)cn1. The zero-order valence-corrected chi connectivity index (χ0v) is 9.39. The summed E-state index contributed by atoms with van der Waals surface area (Å²) in [7, 11) is 0. The predicted molar refractivity (Wildman–Crippen MR) is 63.9 cm³/mol. The summed E-state index contributed by atoms with van der Waals surface area (Å²) < 4.78 is 0. The van der Waals surface area contributed by atoms with E-state index in [1.807, 2.05) is 6.08 Å². The summed E-state index contributed by atoms with van der Waals surface area (Å²) in [5.41, 5.74) is 0.207. The van der Waals surface area contributed by atoms with Crippen molar-refractivity contribution in [2.24, 2.45) is 0 Å². The Bertz CT molecular complexity index is 360. The molecule has 0 spiro atoms. The van der Waals surface area contributed by atoms with Crippen LogP contribution in [0, 0.1) is 0 Å². The van der Waals surface area contributed by atoms with Crippen molar-refractivity contribution in [3.05, 3.63) is 36.5 Å². The normalized spacial score (nSPS) is 9.81. The summed E-state index contributed by atoms with van der Waals surface area (Å²) >= 11 is 0. The Morgan fingerprint density at radius 3 is 2.81 bits per heavy atom. The van der Waals surface area contributed by atoms with Gasteiger partial charge in [0.15, 0.2) is 0 Å². The lowest BCUT2D eigenvalue weighted by Gasteiger charge is -2.21. The topological polar surface area (TPSA) is 53.4 Å². The van der Waals surface area contributed by atoms with E-state index in [-0.39, 0.29) is 5.56 Å². The van der Waals surface area contributed by atoms with Crippen LogP contribution in [0.5, 0.6) is 0 Å². The molecule has 4 nitrogen and oxygen atoms in total. The number of pyridine rings is 1. The van der Waals surface area contributed by atoms with Gasteiger partial charge in [-0.1, -0.05) is 13.0 Å². The number of aromatic nitrogens is 1. The van der Waals surface area contributed by atoms with Gasteiger partial charge < -0.3 is 10.0 Å². The fraction of sp³-hybridized carbons (Fsp3) is 0.333. The van der Waals surface area contributed by atoms with E-state index < -0.39 is 5.97 Å². The minimum atomic E-state index is -0.954. The van der Waals surface area contributed by atoms with Crippen molar-refractivity contribution in [2.75, 3.05) is 18.0 Å². The van der Waals surface area contributed by atoms with Crippen LogP contribution in [0.3, 0.4) is 0 Å². The Hall–Kier alpha value is -1.84. The maximum absolute atomic E-state index is 10.7. The van der Waals surface area contributed by atoms with E-state index in [4.69, 9.17) is 5.11 Å². The minimum absolute atomic E-state index is 0.207. The highest BCUT2D eigenvalue weighted by Gasteiger charge is 2.07. The maximum Gasteiger partial charge on any atom is 0.337 e. The van der Waals surface area contributed by atoms with Crippen molar-refractivity contribution in [3.63, 3.8) is 0 Å². The van der Waals surface area contributed by atoms with Gasteiger partial charge in [0.2, 0.25) is 0 Å². The predicted octanol–water partition coefficient (Wildman–Crippen LogP) is 2.18. The number of rotatable bonds is 6. The Morgan fingerprint density at radius 2 is 2.38 bits per heavy atom. The second-order valence-electron chi connectivity index (χ2n) is 3.44. The molecule has 0 bridgehead atoms. The molecule has 0 saturated carbocycles. The maximum atomic E-state index is 10.7. The molecule has 16 heavy (non-hydrogen) atoms. The summed E-state index contributed by atoms with van der Waals surface area (Å²) in [6.45, 7) is 7.37. The van der Waals surface area contributed by atoms with Crippen molar-refractivity contribution in [1.82, 2.24) is 4.98 Å². The van der Waals surface area contributed by atoms with E-state index in [0.717, 1.165) is 18.8 Å². The monoisotopic (exact) mass is 220 g/mol. The number of hydrogen-bond acceptors (Lipinski definition) is 3. The van der Waals surface area contributed by atoms with Crippen LogP contribution in [0.2, 0.25) is 0 Å². The molecule has 0 saturated heterocycles. The average molecular weight is 220 g/mol. The molecule has 0 aliphatic heterocycles. The first-order valence-electron chi connectivity index (χ1n) is 5.24. The smallest absolute Gasteiger partial charge is 0.337 e. The number of carbonyl (C=O) groups is 1. The van der Waals surface area contributed by atoms with Crippen LogP contribution in [0.25, 0.3) is 0 Å².